The second-order valence-electron chi connectivity index (χ2n) is 4.97. The highest BCUT2D eigenvalue weighted by Crippen LogP contribution is 2.30. The first-order valence-electron chi connectivity index (χ1n) is 6.26. The third-order valence-electron chi connectivity index (χ3n) is 3.20. The first-order valence-corrected chi connectivity index (χ1v) is 7.14. The molecular weight excluding hydrogens is 220 g/mol. The monoisotopic (exact) mass is 242 g/mol. The van der Waals surface area contributed by atoms with E-state index >= 15 is 0 Å². The molecule has 0 bridgehead atoms. The Morgan fingerprint density at radius 2 is 1.62 bits per heavy atom. The van der Waals surface area contributed by atoms with E-state index in [9.17, 15) is 9.59 Å². The molecule has 1 fully saturated rings. The SMILES string of the molecule is CC(C)C(=O)C(C)SC(=O)C1CCCCC1. The summed E-state index contributed by atoms with van der Waals surface area (Å²) in [5.74, 6) is 0.428. The van der Waals surface area contributed by atoms with Crippen molar-refractivity contribution in [1.29, 1.82) is 0 Å². The van der Waals surface area contributed by atoms with Crippen LogP contribution in [-0.4, -0.2) is 16.1 Å². The summed E-state index contributed by atoms with van der Waals surface area (Å²) < 4.78 is 0. The van der Waals surface area contributed by atoms with Crippen molar-refractivity contribution in [3.05, 3.63) is 0 Å². The Balaban J connectivity index is 2.40. The van der Waals surface area contributed by atoms with Gasteiger partial charge in [-0.15, -0.1) is 0 Å². The van der Waals surface area contributed by atoms with Crippen molar-refractivity contribution in [2.24, 2.45) is 11.8 Å². The zero-order chi connectivity index (χ0) is 12.1. The Morgan fingerprint density at radius 3 is 2.12 bits per heavy atom. The van der Waals surface area contributed by atoms with Crippen LogP contribution in [0.2, 0.25) is 0 Å². The van der Waals surface area contributed by atoms with Crippen molar-refractivity contribution in [1.82, 2.24) is 0 Å². The number of ketones is 1. The lowest BCUT2D eigenvalue weighted by atomic mass is 9.90. The Morgan fingerprint density at radius 1 is 1.06 bits per heavy atom. The Kier molecular flexibility index (Phi) is 5.53. The van der Waals surface area contributed by atoms with Crippen LogP contribution in [-0.2, 0) is 9.59 Å². The number of hydrogen-bond acceptors (Lipinski definition) is 3. The molecule has 1 rings (SSSR count). The predicted molar refractivity (Wildman–Crippen MR) is 68.5 cm³/mol. The topological polar surface area (TPSA) is 34.1 Å². The summed E-state index contributed by atoms with van der Waals surface area (Å²) in [6, 6.07) is 0. The van der Waals surface area contributed by atoms with Crippen LogP contribution in [0.4, 0.5) is 0 Å². The average Bonchev–Trinajstić information content (AvgIpc) is 2.28. The van der Waals surface area contributed by atoms with Crippen LogP contribution in [0.25, 0.3) is 0 Å². The van der Waals surface area contributed by atoms with Crippen LogP contribution in [0.3, 0.4) is 0 Å². The summed E-state index contributed by atoms with van der Waals surface area (Å²) in [5, 5.41) is 0.0654. The van der Waals surface area contributed by atoms with Gasteiger partial charge in [-0.2, -0.15) is 0 Å². The van der Waals surface area contributed by atoms with Gasteiger partial charge in [-0.1, -0.05) is 44.9 Å². The number of carbonyl (C=O) groups is 2. The maximum atomic E-state index is 11.9. The Bertz CT molecular complexity index is 255. The fourth-order valence-corrected chi connectivity index (χ4v) is 3.30. The van der Waals surface area contributed by atoms with Crippen molar-refractivity contribution in [3.63, 3.8) is 0 Å². The molecule has 1 unspecified atom stereocenters. The van der Waals surface area contributed by atoms with Gasteiger partial charge < -0.3 is 0 Å². The van der Waals surface area contributed by atoms with Crippen molar-refractivity contribution in [2.75, 3.05) is 0 Å². The van der Waals surface area contributed by atoms with Crippen LogP contribution < -0.4 is 0 Å². The quantitative estimate of drug-likeness (QED) is 0.757. The normalized spacial score (nSPS) is 19.8. The fourth-order valence-electron chi connectivity index (χ4n) is 2.14. The van der Waals surface area contributed by atoms with Gasteiger partial charge >= 0.3 is 0 Å². The third kappa shape index (κ3) is 3.93. The summed E-state index contributed by atoms with van der Waals surface area (Å²) in [6.07, 6.45) is 5.64. The van der Waals surface area contributed by atoms with E-state index in [4.69, 9.17) is 0 Å². The van der Waals surface area contributed by atoms with Gasteiger partial charge in [0.05, 0.1) is 5.25 Å². The Labute approximate surface area is 103 Å². The van der Waals surface area contributed by atoms with Crippen molar-refractivity contribution in [2.45, 2.75) is 58.1 Å². The maximum absolute atomic E-state index is 11.9. The molecule has 1 aliphatic rings. The van der Waals surface area contributed by atoms with Crippen molar-refractivity contribution >= 4 is 22.7 Å². The highest BCUT2D eigenvalue weighted by atomic mass is 32.2. The van der Waals surface area contributed by atoms with Gasteiger partial charge in [0.2, 0.25) is 0 Å². The molecule has 0 saturated heterocycles. The van der Waals surface area contributed by atoms with E-state index in [1.807, 2.05) is 20.8 Å². The predicted octanol–water partition coefficient (Wildman–Crippen LogP) is 3.44. The number of hydrogen-bond donors (Lipinski definition) is 0. The molecule has 0 spiro atoms. The number of Topliss-reactive ketones (excluding diaryl/α,β-unsaturated/α-hetero) is 1. The molecule has 0 aromatic heterocycles. The standard InChI is InChI=1S/C13H22O2S/c1-9(2)12(14)10(3)16-13(15)11-7-5-4-6-8-11/h9-11H,4-8H2,1-3H3. The van der Waals surface area contributed by atoms with Gasteiger partial charge in [0.15, 0.2) is 5.12 Å². The Hall–Kier alpha value is -0.310. The smallest absolute Gasteiger partial charge is 0.192 e. The van der Waals surface area contributed by atoms with Crippen LogP contribution in [0, 0.1) is 11.8 Å². The highest BCUT2D eigenvalue weighted by Gasteiger charge is 2.26. The second kappa shape index (κ2) is 6.43. The van der Waals surface area contributed by atoms with Gasteiger partial charge in [0.1, 0.15) is 5.78 Å². The van der Waals surface area contributed by atoms with Crippen LogP contribution in [0.5, 0.6) is 0 Å². The van der Waals surface area contributed by atoms with E-state index in [0.717, 1.165) is 12.8 Å². The summed E-state index contributed by atoms with van der Waals surface area (Å²) in [6.45, 7) is 5.64. The fraction of sp³-hybridized carbons (Fsp3) is 0.846. The molecule has 1 aliphatic carbocycles. The molecule has 0 aromatic carbocycles. The van der Waals surface area contributed by atoms with E-state index in [0.29, 0.717) is 0 Å². The third-order valence-corrected chi connectivity index (χ3v) is 4.35. The first-order chi connectivity index (χ1) is 7.52. The minimum atomic E-state index is -0.172. The molecule has 0 aliphatic heterocycles. The summed E-state index contributed by atoms with van der Waals surface area (Å²) in [5.41, 5.74) is 0. The van der Waals surface area contributed by atoms with E-state index in [1.165, 1.54) is 31.0 Å². The van der Waals surface area contributed by atoms with E-state index < -0.39 is 0 Å². The zero-order valence-corrected chi connectivity index (χ0v) is 11.3. The second-order valence-corrected chi connectivity index (χ2v) is 6.32. The van der Waals surface area contributed by atoms with E-state index in [1.54, 1.807) is 0 Å². The lowest BCUT2D eigenvalue weighted by Crippen LogP contribution is -2.24. The van der Waals surface area contributed by atoms with Crippen LogP contribution >= 0.6 is 11.8 Å². The number of thioether (sulfide) groups is 1. The summed E-state index contributed by atoms with van der Waals surface area (Å²) in [7, 11) is 0. The van der Waals surface area contributed by atoms with Gasteiger partial charge in [-0.25, -0.2) is 0 Å². The average molecular weight is 242 g/mol. The summed E-state index contributed by atoms with van der Waals surface area (Å²) in [4.78, 5) is 23.6. The zero-order valence-electron chi connectivity index (χ0n) is 10.5. The molecular formula is C13H22O2S. The van der Waals surface area contributed by atoms with Gasteiger partial charge in [-0.05, 0) is 19.8 Å². The highest BCUT2D eigenvalue weighted by molar-refractivity contribution is 8.14. The van der Waals surface area contributed by atoms with Crippen molar-refractivity contribution in [3.8, 4) is 0 Å². The molecule has 1 saturated carbocycles. The van der Waals surface area contributed by atoms with Gasteiger partial charge in [0.25, 0.3) is 0 Å². The first kappa shape index (κ1) is 13.8. The number of carbonyl (C=O) groups excluding carboxylic acids is 2. The largest absolute Gasteiger partial charge is 0.298 e. The van der Waals surface area contributed by atoms with Crippen LogP contribution in [0.15, 0.2) is 0 Å². The van der Waals surface area contributed by atoms with Crippen molar-refractivity contribution < 1.29 is 9.59 Å². The molecule has 0 radical (unpaired) electrons. The minimum Gasteiger partial charge on any atom is -0.298 e. The maximum Gasteiger partial charge on any atom is 0.192 e. The molecule has 0 heterocycles. The number of rotatable bonds is 4. The molecule has 2 nitrogen and oxygen atoms in total. The molecule has 0 amide bonds. The molecule has 0 aromatic rings. The molecule has 16 heavy (non-hydrogen) atoms. The molecule has 1 atom stereocenters. The minimum absolute atomic E-state index is 0.0293. The molecule has 0 N–H and O–H groups in total. The van der Waals surface area contributed by atoms with E-state index in [2.05, 4.69) is 0 Å². The lowest BCUT2D eigenvalue weighted by molar-refractivity contribution is -0.121. The molecule has 92 valence electrons. The van der Waals surface area contributed by atoms with Gasteiger partial charge in [0, 0.05) is 11.8 Å². The lowest BCUT2D eigenvalue weighted by Gasteiger charge is -2.21. The van der Waals surface area contributed by atoms with E-state index in [-0.39, 0.29) is 28.0 Å². The molecule has 3 heteroatoms. The van der Waals surface area contributed by atoms with Gasteiger partial charge in [-0.3, -0.25) is 9.59 Å². The summed E-state index contributed by atoms with van der Waals surface area (Å²) >= 11 is 1.25. The van der Waals surface area contributed by atoms with Crippen LogP contribution in [0.1, 0.15) is 52.9 Å².